The summed E-state index contributed by atoms with van der Waals surface area (Å²) in [6.45, 7) is 4.07. The van der Waals surface area contributed by atoms with Crippen molar-refractivity contribution in [1.29, 1.82) is 0 Å². The van der Waals surface area contributed by atoms with Gasteiger partial charge in [-0.25, -0.2) is 0 Å². The van der Waals surface area contributed by atoms with E-state index in [-0.39, 0.29) is 5.91 Å². The Hall–Kier alpha value is -1.40. The maximum atomic E-state index is 13.2. The van der Waals surface area contributed by atoms with Crippen molar-refractivity contribution in [3.63, 3.8) is 0 Å². The molecule has 0 radical (unpaired) electrons. The van der Waals surface area contributed by atoms with Crippen LogP contribution >= 0.6 is 11.3 Å². The van der Waals surface area contributed by atoms with E-state index in [1.807, 2.05) is 21.7 Å². The van der Waals surface area contributed by atoms with Gasteiger partial charge in [-0.05, 0) is 50.1 Å². The van der Waals surface area contributed by atoms with E-state index in [4.69, 9.17) is 0 Å². The Kier molecular flexibility index (Phi) is 4.12. The molecule has 3 aliphatic rings. The van der Waals surface area contributed by atoms with Crippen LogP contribution in [0.15, 0.2) is 16.8 Å². The first-order valence-corrected chi connectivity index (χ1v) is 9.86. The number of carbonyl (C=O) groups excluding carboxylic acids is 2. The van der Waals surface area contributed by atoms with Crippen molar-refractivity contribution in [1.82, 2.24) is 14.7 Å². The van der Waals surface area contributed by atoms with E-state index in [2.05, 4.69) is 16.8 Å². The summed E-state index contributed by atoms with van der Waals surface area (Å²) >= 11 is 1.55. The molecule has 2 amide bonds. The van der Waals surface area contributed by atoms with E-state index in [1.54, 1.807) is 11.3 Å². The van der Waals surface area contributed by atoms with Crippen molar-refractivity contribution in [3.8, 4) is 0 Å². The lowest BCUT2D eigenvalue weighted by atomic mass is 9.82. The van der Waals surface area contributed by atoms with Crippen LogP contribution in [0.3, 0.4) is 0 Å². The highest BCUT2D eigenvalue weighted by atomic mass is 32.1. The normalized spacial score (nSPS) is 24.6. The van der Waals surface area contributed by atoms with Crippen LogP contribution in [0, 0.1) is 5.92 Å². The molecule has 1 aromatic heterocycles. The van der Waals surface area contributed by atoms with Crippen LogP contribution in [0.2, 0.25) is 0 Å². The highest BCUT2D eigenvalue weighted by Gasteiger charge is 2.50. The summed E-state index contributed by atoms with van der Waals surface area (Å²) in [5.41, 5.74) is 0.382. The molecule has 6 heteroatoms. The summed E-state index contributed by atoms with van der Waals surface area (Å²) in [6.07, 6.45) is 4.05. The summed E-state index contributed by atoms with van der Waals surface area (Å²) in [5, 5.41) is 3.84. The monoisotopic (exact) mass is 347 g/mol. The Labute approximate surface area is 147 Å². The molecule has 3 heterocycles. The van der Waals surface area contributed by atoms with Crippen LogP contribution in [0.25, 0.3) is 0 Å². The van der Waals surface area contributed by atoms with Gasteiger partial charge in [-0.1, -0.05) is 0 Å². The van der Waals surface area contributed by atoms with Gasteiger partial charge in [-0.15, -0.1) is 0 Å². The van der Waals surface area contributed by atoms with Crippen LogP contribution in [-0.4, -0.2) is 71.8 Å². The van der Waals surface area contributed by atoms with E-state index < -0.39 is 5.54 Å². The largest absolute Gasteiger partial charge is 0.340 e. The van der Waals surface area contributed by atoms with E-state index in [0.717, 1.165) is 44.0 Å². The first-order chi connectivity index (χ1) is 11.6. The molecule has 1 aliphatic carbocycles. The maximum absolute atomic E-state index is 13.2. The number of nitrogens with zero attached hydrogens (tertiary/aromatic N) is 3. The molecule has 130 valence electrons. The van der Waals surface area contributed by atoms with Crippen molar-refractivity contribution in [3.05, 3.63) is 22.4 Å². The summed E-state index contributed by atoms with van der Waals surface area (Å²) in [5.74, 6) is 1.13. The number of likely N-dealkylation sites (tertiary alicyclic amines) is 1. The molecule has 0 unspecified atom stereocenters. The van der Waals surface area contributed by atoms with Crippen LogP contribution < -0.4 is 0 Å². The van der Waals surface area contributed by atoms with Crippen molar-refractivity contribution in [2.45, 2.75) is 31.2 Å². The van der Waals surface area contributed by atoms with Gasteiger partial charge < -0.3 is 9.80 Å². The third-order valence-electron chi connectivity index (χ3n) is 5.94. The number of carbonyl (C=O) groups is 2. The van der Waals surface area contributed by atoms with Gasteiger partial charge in [0.15, 0.2) is 0 Å². The zero-order chi connectivity index (χ0) is 16.7. The lowest BCUT2D eigenvalue weighted by molar-refractivity contribution is -0.154. The van der Waals surface area contributed by atoms with Gasteiger partial charge in [0.25, 0.3) is 5.91 Å². The van der Waals surface area contributed by atoms with E-state index in [9.17, 15) is 9.59 Å². The minimum atomic E-state index is -0.390. The highest BCUT2D eigenvalue weighted by Crippen LogP contribution is 2.36. The second-order valence-corrected chi connectivity index (χ2v) is 8.23. The number of piperazine rings is 1. The lowest BCUT2D eigenvalue weighted by Crippen LogP contribution is -2.68. The number of hydrogen-bond donors (Lipinski definition) is 0. The fourth-order valence-corrected chi connectivity index (χ4v) is 4.70. The third kappa shape index (κ3) is 2.75. The van der Waals surface area contributed by atoms with Crippen LogP contribution in [0.4, 0.5) is 0 Å². The summed E-state index contributed by atoms with van der Waals surface area (Å²) < 4.78 is 0. The van der Waals surface area contributed by atoms with Gasteiger partial charge in [0.2, 0.25) is 5.91 Å². The lowest BCUT2D eigenvalue weighted by Gasteiger charge is -2.51. The molecule has 0 N–H and O–H groups in total. The van der Waals surface area contributed by atoms with E-state index >= 15 is 0 Å². The Morgan fingerprint density at radius 2 is 2.00 bits per heavy atom. The van der Waals surface area contributed by atoms with Crippen LogP contribution in [0.1, 0.15) is 36.0 Å². The van der Waals surface area contributed by atoms with E-state index in [0.29, 0.717) is 19.0 Å². The third-order valence-corrected chi connectivity index (χ3v) is 6.63. The number of hydrogen-bond acceptors (Lipinski definition) is 4. The van der Waals surface area contributed by atoms with Gasteiger partial charge in [-0.2, -0.15) is 11.3 Å². The van der Waals surface area contributed by atoms with Crippen molar-refractivity contribution in [2.75, 3.05) is 39.8 Å². The fourth-order valence-electron chi connectivity index (χ4n) is 4.07. The summed E-state index contributed by atoms with van der Waals surface area (Å²) in [6, 6.07) is 1.88. The first kappa shape index (κ1) is 16.1. The Bertz CT molecular complexity index is 618. The average Bonchev–Trinajstić information content (AvgIpc) is 3.25. The second kappa shape index (κ2) is 6.15. The highest BCUT2D eigenvalue weighted by molar-refractivity contribution is 7.08. The molecule has 0 aromatic carbocycles. The van der Waals surface area contributed by atoms with Crippen LogP contribution in [0.5, 0.6) is 0 Å². The number of piperidine rings is 1. The topological polar surface area (TPSA) is 43.9 Å². The summed E-state index contributed by atoms with van der Waals surface area (Å²) in [7, 11) is 2.07. The zero-order valence-corrected chi connectivity index (χ0v) is 15.1. The predicted molar refractivity (Wildman–Crippen MR) is 94.1 cm³/mol. The molecule has 1 saturated carbocycles. The minimum Gasteiger partial charge on any atom is -0.340 e. The SMILES string of the molecule is CN1CCN(CC2CC2)C(=O)C12CCN(C(=O)c1ccsc1)CC2. The molecule has 3 fully saturated rings. The molecule has 0 atom stereocenters. The van der Waals surface area contributed by atoms with Gasteiger partial charge >= 0.3 is 0 Å². The zero-order valence-electron chi connectivity index (χ0n) is 14.2. The van der Waals surface area contributed by atoms with Gasteiger partial charge in [0.05, 0.1) is 5.56 Å². The molecule has 0 bridgehead atoms. The number of rotatable bonds is 3. The maximum Gasteiger partial charge on any atom is 0.254 e. The quantitative estimate of drug-likeness (QED) is 0.839. The van der Waals surface area contributed by atoms with Gasteiger partial charge in [0, 0.05) is 38.1 Å². The fraction of sp³-hybridized carbons (Fsp3) is 0.667. The molecule has 2 aliphatic heterocycles. The van der Waals surface area contributed by atoms with Gasteiger partial charge in [0.1, 0.15) is 5.54 Å². The molecule has 5 nitrogen and oxygen atoms in total. The first-order valence-electron chi connectivity index (χ1n) is 8.92. The molecule has 1 aromatic rings. The van der Waals surface area contributed by atoms with E-state index in [1.165, 1.54) is 12.8 Å². The molecular formula is C18H25N3O2S. The summed E-state index contributed by atoms with van der Waals surface area (Å²) in [4.78, 5) is 31.9. The molecular weight excluding hydrogens is 322 g/mol. The van der Waals surface area contributed by atoms with Crippen LogP contribution in [-0.2, 0) is 4.79 Å². The average molecular weight is 347 g/mol. The van der Waals surface area contributed by atoms with Crippen molar-refractivity contribution >= 4 is 23.2 Å². The Morgan fingerprint density at radius 3 is 2.62 bits per heavy atom. The minimum absolute atomic E-state index is 0.104. The number of likely N-dealkylation sites (N-methyl/N-ethyl adjacent to an activating group) is 1. The standard InChI is InChI=1S/C18H25N3O2S/c1-19-9-10-21(12-14-2-3-14)17(23)18(19)5-7-20(8-6-18)16(22)15-4-11-24-13-15/h4,11,13-14H,2-3,5-10,12H2,1H3. The van der Waals surface area contributed by atoms with Crippen molar-refractivity contribution < 1.29 is 9.59 Å². The molecule has 2 saturated heterocycles. The van der Waals surface area contributed by atoms with Crippen molar-refractivity contribution in [2.24, 2.45) is 5.92 Å². The predicted octanol–water partition coefficient (Wildman–Crippen LogP) is 1.91. The smallest absolute Gasteiger partial charge is 0.254 e. The molecule has 24 heavy (non-hydrogen) atoms. The molecule has 4 rings (SSSR count). The molecule has 1 spiro atoms. The number of thiophene rings is 1. The number of amides is 2. The Morgan fingerprint density at radius 1 is 1.25 bits per heavy atom. The van der Waals surface area contributed by atoms with Gasteiger partial charge in [-0.3, -0.25) is 14.5 Å². The second-order valence-electron chi connectivity index (χ2n) is 7.45. The Balaban J connectivity index is 1.45.